The van der Waals surface area contributed by atoms with Crippen molar-refractivity contribution < 1.29 is 19.1 Å². The number of nitrogens with one attached hydrogen (secondary N) is 1. The second kappa shape index (κ2) is 8.34. The molecule has 0 fully saturated rings. The molecule has 2 rings (SSSR count). The standard InChI is InChI=1S/C19H23NO4/c1-3-5-17-16(8-9-24-17)18(21)20-12-15(19(22)23)11-14-7-4-6-13(2)10-14/h4,6-10,15H,3,5,11-12H2,1-2H3,(H,20,21)(H,22,23). The second-order valence-corrected chi connectivity index (χ2v) is 5.95. The number of carbonyl (C=O) groups excluding carboxylic acids is 1. The van der Waals surface area contributed by atoms with E-state index in [-0.39, 0.29) is 12.5 Å². The van der Waals surface area contributed by atoms with Crippen LogP contribution in [0.1, 0.15) is 40.6 Å². The lowest BCUT2D eigenvalue weighted by atomic mass is 9.98. The number of aliphatic carboxylic acids is 1. The first-order valence-electron chi connectivity index (χ1n) is 8.14. The van der Waals surface area contributed by atoms with Crippen molar-refractivity contribution in [2.75, 3.05) is 6.54 Å². The Morgan fingerprint density at radius 1 is 1.29 bits per heavy atom. The van der Waals surface area contributed by atoms with Gasteiger partial charge in [0.2, 0.25) is 0 Å². The highest BCUT2D eigenvalue weighted by Crippen LogP contribution is 2.14. The van der Waals surface area contributed by atoms with Crippen molar-refractivity contribution in [2.24, 2.45) is 5.92 Å². The van der Waals surface area contributed by atoms with Crippen LogP contribution >= 0.6 is 0 Å². The summed E-state index contributed by atoms with van der Waals surface area (Å²) in [5.41, 5.74) is 2.52. The topological polar surface area (TPSA) is 79.5 Å². The molecule has 2 aromatic rings. The third-order valence-corrected chi connectivity index (χ3v) is 3.89. The highest BCUT2D eigenvalue weighted by Gasteiger charge is 2.21. The fraction of sp³-hybridized carbons (Fsp3) is 0.368. The lowest BCUT2D eigenvalue weighted by Gasteiger charge is -2.14. The van der Waals surface area contributed by atoms with Gasteiger partial charge in [0.1, 0.15) is 5.76 Å². The third-order valence-electron chi connectivity index (χ3n) is 3.89. The number of furan rings is 1. The summed E-state index contributed by atoms with van der Waals surface area (Å²) < 4.78 is 5.31. The van der Waals surface area contributed by atoms with Gasteiger partial charge in [-0.15, -0.1) is 0 Å². The Balaban J connectivity index is 1.99. The molecule has 1 unspecified atom stereocenters. The predicted molar refractivity (Wildman–Crippen MR) is 91.0 cm³/mol. The lowest BCUT2D eigenvalue weighted by Crippen LogP contribution is -2.34. The number of hydrogen-bond acceptors (Lipinski definition) is 3. The summed E-state index contributed by atoms with van der Waals surface area (Å²) in [7, 11) is 0. The second-order valence-electron chi connectivity index (χ2n) is 5.95. The monoisotopic (exact) mass is 329 g/mol. The van der Waals surface area contributed by atoms with E-state index in [0.717, 1.165) is 17.5 Å². The summed E-state index contributed by atoms with van der Waals surface area (Å²) in [4.78, 5) is 23.8. The molecule has 24 heavy (non-hydrogen) atoms. The average Bonchev–Trinajstić information content (AvgIpc) is 2.99. The van der Waals surface area contributed by atoms with Crippen LogP contribution in [-0.2, 0) is 17.6 Å². The Hall–Kier alpha value is -2.56. The Bertz CT molecular complexity index is 705. The lowest BCUT2D eigenvalue weighted by molar-refractivity contribution is -0.141. The number of rotatable bonds is 8. The zero-order valence-electron chi connectivity index (χ0n) is 14.0. The molecule has 0 radical (unpaired) electrons. The molecule has 128 valence electrons. The van der Waals surface area contributed by atoms with Gasteiger partial charge in [0.15, 0.2) is 0 Å². The number of carboxylic acid groups (broad SMARTS) is 1. The summed E-state index contributed by atoms with van der Waals surface area (Å²) >= 11 is 0. The van der Waals surface area contributed by atoms with Gasteiger partial charge in [0.05, 0.1) is 17.7 Å². The molecule has 2 N–H and O–H groups in total. The van der Waals surface area contributed by atoms with E-state index < -0.39 is 11.9 Å². The molecule has 0 saturated carbocycles. The zero-order chi connectivity index (χ0) is 17.5. The first-order valence-corrected chi connectivity index (χ1v) is 8.14. The quantitative estimate of drug-likeness (QED) is 0.779. The summed E-state index contributed by atoms with van der Waals surface area (Å²) in [5.74, 6) is -1.24. The minimum atomic E-state index is -0.919. The molecular weight excluding hydrogens is 306 g/mol. The van der Waals surface area contributed by atoms with Crippen LogP contribution in [-0.4, -0.2) is 23.5 Å². The number of amides is 1. The van der Waals surface area contributed by atoms with Crippen LogP contribution in [0, 0.1) is 12.8 Å². The summed E-state index contributed by atoms with van der Waals surface area (Å²) in [6.07, 6.45) is 3.42. The normalized spacial score (nSPS) is 11.9. The van der Waals surface area contributed by atoms with E-state index in [4.69, 9.17) is 4.42 Å². The van der Waals surface area contributed by atoms with Crippen molar-refractivity contribution in [3.8, 4) is 0 Å². The van der Waals surface area contributed by atoms with Crippen molar-refractivity contribution in [3.05, 3.63) is 59.0 Å². The van der Waals surface area contributed by atoms with Crippen LogP contribution in [0.4, 0.5) is 0 Å². The molecule has 5 nitrogen and oxygen atoms in total. The van der Waals surface area contributed by atoms with E-state index in [1.165, 1.54) is 6.26 Å². The van der Waals surface area contributed by atoms with Crippen molar-refractivity contribution >= 4 is 11.9 Å². The molecule has 0 saturated heterocycles. The van der Waals surface area contributed by atoms with Crippen molar-refractivity contribution in [3.63, 3.8) is 0 Å². The van der Waals surface area contributed by atoms with E-state index in [1.807, 2.05) is 38.1 Å². The Morgan fingerprint density at radius 2 is 2.08 bits per heavy atom. The van der Waals surface area contributed by atoms with E-state index >= 15 is 0 Å². The molecule has 1 aromatic heterocycles. The van der Waals surface area contributed by atoms with Gasteiger partial charge in [-0.3, -0.25) is 9.59 Å². The number of benzene rings is 1. The molecule has 1 atom stereocenters. The predicted octanol–water partition coefficient (Wildman–Crippen LogP) is 3.21. The van der Waals surface area contributed by atoms with E-state index in [1.54, 1.807) is 6.07 Å². The van der Waals surface area contributed by atoms with Crippen LogP contribution in [0.3, 0.4) is 0 Å². The number of aryl methyl sites for hydroxylation is 2. The molecule has 1 amide bonds. The smallest absolute Gasteiger partial charge is 0.308 e. The fourth-order valence-corrected chi connectivity index (χ4v) is 2.65. The van der Waals surface area contributed by atoms with E-state index in [2.05, 4.69) is 5.32 Å². The number of hydrogen-bond donors (Lipinski definition) is 2. The van der Waals surface area contributed by atoms with Crippen LogP contribution in [0.2, 0.25) is 0 Å². The van der Waals surface area contributed by atoms with Crippen molar-refractivity contribution in [1.82, 2.24) is 5.32 Å². The van der Waals surface area contributed by atoms with Gasteiger partial charge in [-0.1, -0.05) is 36.8 Å². The van der Waals surface area contributed by atoms with E-state index in [0.29, 0.717) is 24.2 Å². The van der Waals surface area contributed by atoms with Gasteiger partial charge >= 0.3 is 5.97 Å². The highest BCUT2D eigenvalue weighted by atomic mass is 16.4. The summed E-state index contributed by atoms with van der Waals surface area (Å²) in [5, 5.41) is 12.1. The van der Waals surface area contributed by atoms with Crippen LogP contribution in [0.25, 0.3) is 0 Å². The van der Waals surface area contributed by atoms with Crippen LogP contribution < -0.4 is 5.32 Å². The van der Waals surface area contributed by atoms with Crippen molar-refractivity contribution in [1.29, 1.82) is 0 Å². The van der Waals surface area contributed by atoms with E-state index in [9.17, 15) is 14.7 Å². The number of carbonyl (C=O) groups is 2. The average molecular weight is 329 g/mol. The molecular formula is C19H23NO4. The minimum absolute atomic E-state index is 0.0822. The summed E-state index contributed by atoms with van der Waals surface area (Å²) in [6, 6.07) is 9.36. The maximum absolute atomic E-state index is 12.3. The first kappa shape index (κ1) is 17.8. The molecule has 0 aliphatic rings. The molecule has 0 aliphatic heterocycles. The Morgan fingerprint density at radius 3 is 2.75 bits per heavy atom. The maximum Gasteiger partial charge on any atom is 0.308 e. The van der Waals surface area contributed by atoms with Gasteiger partial charge in [0, 0.05) is 13.0 Å². The van der Waals surface area contributed by atoms with Crippen LogP contribution in [0.15, 0.2) is 41.0 Å². The molecule has 0 bridgehead atoms. The van der Waals surface area contributed by atoms with Crippen molar-refractivity contribution in [2.45, 2.75) is 33.1 Å². The van der Waals surface area contributed by atoms with Gasteiger partial charge in [0.25, 0.3) is 5.91 Å². The Kier molecular flexibility index (Phi) is 6.18. The maximum atomic E-state index is 12.3. The van der Waals surface area contributed by atoms with Gasteiger partial charge < -0.3 is 14.8 Å². The fourth-order valence-electron chi connectivity index (χ4n) is 2.65. The molecule has 5 heteroatoms. The molecule has 1 heterocycles. The Labute approximate surface area is 141 Å². The molecule has 0 spiro atoms. The van der Waals surface area contributed by atoms with Crippen LogP contribution in [0.5, 0.6) is 0 Å². The van der Waals surface area contributed by atoms with Gasteiger partial charge in [-0.25, -0.2) is 0 Å². The number of carboxylic acids is 1. The summed E-state index contributed by atoms with van der Waals surface area (Å²) in [6.45, 7) is 4.06. The highest BCUT2D eigenvalue weighted by molar-refractivity contribution is 5.95. The van der Waals surface area contributed by atoms with Gasteiger partial charge in [-0.2, -0.15) is 0 Å². The van der Waals surface area contributed by atoms with Gasteiger partial charge in [-0.05, 0) is 31.4 Å². The first-order chi connectivity index (χ1) is 11.5. The SMILES string of the molecule is CCCc1occc1C(=O)NCC(Cc1cccc(C)c1)C(=O)O. The largest absolute Gasteiger partial charge is 0.481 e. The molecule has 0 aliphatic carbocycles. The molecule has 1 aromatic carbocycles. The minimum Gasteiger partial charge on any atom is -0.481 e. The zero-order valence-corrected chi connectivity index (χ0v) is 14.0. The third kappa shape index (κ3) is 4.72.